The molecule has 0 spiro atoms. The fraction of sp³-hybridized carbons (Fsp3) is 0.533. The molecule has 0 atom stereocenters. The maximum atomic E-state index is 11.6. The molecule has 1 saturated heterocycles. The van der Waals surface area contributed by atoms with Gasteiger partial charge in [-0.2, -0.15) is 0 Å². The largest absolute Gasteiger partial charge is 0.378 e. The predicted molar refractivity (Wildman–Crippen MR) is 80.0 cm³/mol. The van der Waals surface area contributed by atoms with E-state index < -0.39 is 4.92 Å². The fourth-order valence-corrected chi connectivity index (χ4v) is 2.68. The van der Waals surface area contributed by atoms with Gasteiger partial charge in [0.1, 0.15) is 0 Å². The molecule has 0 aromatic heterocycles. The lowest BCUT2D eigenvalue weighted by Crippen LogP contribution is -2.37. The Morgan fingerprint density at radius 3 is 2.62 bits per heavy atom. The van der Waals surface area contributed by atoms with Gasteiger partial charge in [0.05, 0.1) is 16.6 Å². The summed E-state index contributed by atoms with van der Waals surface area (Å²) in [5.41, 5.74) is 0.903. The lowest BCUT2D eigenvalue weighted by atomic mass is 10.0. The molecule has 1 aromatic rings. The molecule has 0 N–H and O–H groups in total. The Morgan fingerprint density at radius 2 is 2.10 bits per heavy atom. The Bertz CT molecular complexity index is 536. The molecule has 0 saturated carbocycles. The summed E-state index contributed by atoms with van der Waals surface area (Å²) in [6, 6.07) is 4.76. The third-order valence-electron chi connectivity index (χ3n) is 3.77. The molecule has 114 valence electrons. The minimum atomic E-state index is -0.512. The van der Waals surface area contributed by atoms with Crippen LogP contribution >= 0.6 is 0 Å². The molecule has 0 unspecified atom stereocenters. The second-order valence-corrected chi connectivity index (χ2v) is 5.16. The molecule has 0 aliphatic carbocycles. The SMILES string of the molecule is CCOC1CCN(c2ccc([N+](=O)[O-])c(C(C)=O)c2)CC1. The molecule has 0 amide bonds. The highest BCUT2D eigenvalue weighted by Gasteiger charge is 2.23. The molecule has 1 fully saturated rings. The van der Waals surface area contributed by atoms with Crippen LogP contribution in [0.1, 0.15) is 37.0 Å². The average Bonchev–Trinajstić information content (AvgIpc) is 2.47. The van der Waals surface area contributed by atoms with Gasteiger partial charge in [-0.05, 0) is 38.8 Å². The number of benzene rings is 1. The van der Waals surface area contributed by atoms with Crippen molar-refractivity contribution < 1.29 is 14.5 Å². The van der Waals surface area contributed by atoms with Crippen molar-refractivity contribution in [3.8, 4) is 0 Å². The number of nitro benzene ring substituents is 1. The first-order chi connectivity index (χ1) is 10.0. The van der Waals surface area contributed by atoms with Crippen molar-refractivity contribution in [1.29, 1.82) is 0 Å². The van der Waals surface area contributed by atoms with Gasteiger partial charge in [0.15, 0.2) is 5.78 Å². The van der Waals surface area contributed by atoms with Crippen molar-refractivity contribution in [3.63, 3.8) is 0 Å². The van der Waals surface area contributed by atoms with E-state index in [1.165, 1.54) is 13.0 Å². The lowest BCUT2D eigenvalue weighted by Gasteiger charge is -2.33. The fourth-order valence-electron chi connectivity index (χ4n) is 2.68. The first-order valence-electron chi connectivity index (χ1n) is 7.18. The Labute approximate surface area is 123 Å². The first kappa shape index (κ1) is 15.4. The van der Waals surface area contributed by atoms with E-state index in [0.717, 1.165) is 38.2 Å². The van der Waals surface area contributed by atoms with Gasteiger partial charge in [-0.1, -0.05) is 0 Å². The van der Waals surface area contributed by atoms with Crippen LogP contribution in [0.25, 0.3) is 0 Å². The van der Waals surface area contributed by atoms with Crippen molar-refractivity contribution in [2.45, 2.75) is 32.8 Å². The molecule has 1 heterocycles. The quantitative estimate of drug-likeness (QED) is 0.474. The summed E-state index contributed by atoms with van der Waals surface area (Å²) in [6.45, 7) is 5.73. The number of ether oxygens (including phenoxy) is 1. The van der Waals surface area contributed by atoms with E-state index in [-0.39, 0.29) is 23.1 Å². The highest BCUT2D eigenvalue weighted by molar-refractivity contribution is 5.99. The summed E-state index contributed by atoms with van der Waals surface area (Å²) >= 11 is 0. The van der Waals surface area contributed by atoms with Crippen molar-refractivity contribution in [2.24, 2.45) is 0 Å². The number of Topliss-reactive ketones (excluding diaryl/α,β-unsaturated/α-hetero) is 1. The lowest BCUT2D eigenvalue weighted by molar-refractivity contribution is -0.385. The number of carbonyl (C=O) groups is 1. The molecule has 21 heavy (non-hydrogen) atoms. The normalized spacial score (nSPS) is 16.0. The first-order valence-corrected chi connectivity index (χ1v) is 7.18. The number of hydrogen-bond donors (Lipinski definition) is 0. The topological polar surface area (TPSA) is 72.7 Å². The van der Waals surface area contributed by atoms with E-state index in [4.69, 9.17) is 4.74 Å². The molecule has 6 heteroatoms. The van der Waals surface area contributed by atoms with Crippen molar-refractivity contribution in [3.05, 3.63) is 33.9 Å². The van der Waals surface area contributed by atoms with Crippen LogP contribution < -0.4 is 4.90 Å². The second-order valence-electron chi connectivity index (χ2n) is 5.16. The Balaban J connectivity index is 2.16. The molecule has 2 rings (SSSR count). The number of nitro groups is 1. The summed E-state index contributed by atoms with van der Waals surface area (Å²) in [5.74, 6) is -0.284. The van der Waals surface area contributed by atoms with Gasteiger partial charge in [0.2, 0.25) is 0 Å². The minimum absolute atomic E-state index is 0.129. The monoisotopic (exact) mass is 292 g/mol. The molecule has 1 aliphatic rings. The van der Waals surface area contributed by atoms with Gasteiger partial charge >= 0.3 is 0 Å². The van der Waals surface area contributed by atoms with Crippen LogP contribution in [-0.2, 0) is 4.74 Å². The summed E-state index contributed by atoms with van der Waals surface area (Å²) in [6.07, 6.45) is 2.15. The van der Waals surface area contributed by atoms with Crippen LogP contribution in [0.3, 0.4) is 0 Å². The third-order valence-corrected chi connectivity index (χ3v) is 3.77. The zero-order valence-corrected chi connectivity index (χ0v) is 12.4. The summed E-state index contributed by atoms with van der Waals surface area (Å²) in [7, 11) is 0. The summed E-state index contributed by atoms with van der Waals surface area (Å²) < 4.78 is 5.61. The number of anilines is 1. The van der Waals surface area contributed by atoms with E-state index in [0.29, 0.717) is 0 Å². The Morgan fingerprint density at radius 1 is 1.43 bits per heavy atom. The summed E-state index contributed by atoms with van der Waals surface area (Å²) in [5, 5.41) is 11.0. The van der Waals surface area contributed by atoms with Crippen LogP contribution in [0.5, 0.6) is 0 Å². The predicted octanol–water partition coefficient (Wildman–Crippen LogP) is 2.80. The zero-order chi connectivity index (χ0) is 15.4. The van der Waals surface area contributed by atoms with E-state index >= 15 is 0 Å². The van der Waals surface area contributed by atoms with Gasteiger partial charge < -0.3 is 9.64 Å². The highest BCUT2D eigenvalue weighted by atomic mass is 16.6. The second kappa shape index (κ2) is 6.67. The number of nitrogens with zero attached hydrogens (tertiary/aromatic N) is 2. The van der Waals surface area contributed by atoms with Crippen molar-refractivity contribution >= 4 is 17.2 Å². The van der Waals surface area contributed by atoms with Crippen LogP contribution in [0.2, 0.25) is 0 Å². The molecule has 1 aliphatic heterocycles. The Kier molecular flexibility index (Phi) is 4.90. The van der Waals surface area contributed by atoms with Gasteiger partial charge in [-0.25, -0.2) is 0 Å². The van der Waals surface area contributed by atoms with Crippen LogP contribution in [0, 0.1) is 10.1 Å². The van der Waals surface area contributed by atoms with Gasteiger partial charge in [0.25, 0.3) is 5.69 Å². The smallest absolute Gasteiger partial charge is 0.280 e. The standard InChI is InChI=1S/C15H20N2O4/c1-3-21-13-6-8-16(9-7-13)12-4-5-15(17(19)20)14(10-12)11(2)18/h4-5,10,13H,3,6-9H2,1-2H3. The van der Waals surface area contributed by atoms with Crippen LogP contribution in [0.4, 0.5) is 11.4 Å². The van der Waals surface area contributed by atoms with Crippen LogP contribution in [-0.4, -0.2) is 36.5 Å². The summed E-state index contributed by atoms with van der Waals surface area (Å²) in [4.78, 5) is 24.2. The van der Waals surface area contributed by atoms with E-state index in [1.54, 1.807) is 12.1 Å². The molecular weight excluding hydrogens is 272 g/mol. The zero-order valence-electron chi connectivity index (χ0n) is 12.4. The number of ketones is 1. The van der Waals surface area contributed by atoms with E-state index in [1.807, 2.05) is 6.92 Å². The number of piperidine rings is 1. The number of hydrogen-bond acceptors (Lipinski definition) is 5. The Hall–Kier alpha value is -1.95. The van der Waals surface area contributed by atoms with E-state index in [2.05, 4.69) is 4.90 Å². The maximum Gasteiger partial charge on any atom is 0.280 e. The van der Waals surface area contributed by atoms with Gasteiger partial charge in [-0.15, -0.1) is 0 Å². The molecule has 6 nitrogen and oxygen atoms in total. The molecular formula is C15H20N2O4. The number of rotatable bonds is 5. The minimum Gasteiger partial charge on any atom is -0.378 e. The molecule has 1 aromatic carbocycles. The maximum absolute atomic E-state index is 11.6. The van der Waals surface area contributed by atoms with Crippen LogP contribution in [0.15, 0.2) is 18.2 Å². The number of carbonyl (C=O) groups excluding carboxylic acids is 1. The highest BCUT2D eigenvalue weighted by Crippen LogP contribution is 2.27. The third kappa shape index (κ3) is 3.58. The molecule has 0 radical (unpaired) electrons. The average molecular weight is 292 g/mol. The van der Waals surface area contributed by atoms with Gasteiger partial charge in [-0.3, -0.25) is 14.9 Å². The molecule has 0 bridgehead atoms. The van der Waals surface area contributed by atoms with Crippen molar-refractivity contribution in [1.82, 2.24) is 0 Å². The van der Waals surface area contributed by atoms with Gasteiger partial charge in [0, 0.05) is 31.5 Å². The van der Waals surface area contributed by atoms with E-state index in [9.17, 15) is 14.9 Å². The van der Waals surface area contributed by atoms with Crippen molar-refractivity contribution in [2.75, 3.05) is 24.6 Å².